The van der Waals surface area contributed by atoms with Crippen molar-refractivity contribution in [3.05, 3.63) is 59.3 Å². The van der Waals surface area contributed by atoms with Gasteiger partial charge in [0.15, 0.2) is 0 Å². The third-order valence-electron chi connectivity index (χ3n) is 3.77. The number of hydrogen-bond acceptors (Lipinski definition) is 2. The first-order valence-electron chi connectivity index (χ1n) is 7.08. The molecule has 0 fully saturated rings. The number of allylic oxidation sites excluding steroid dienone is 2. The summed E-state index contributed by atoms with van der Waals surface area (Å²) < 4.78 is 1.59. The molecule has 3 rings (SSSR count). The second-order valence-electron chi connectivity index (χ2n) is 5.21. The van der Waals surface area contributed by atoms with E-state index in [4.69, 9.17) is 0 Å². The zero-order valence-corrected chi connectivity index (χ0v) is 11.4. The fourth-order valence-electron chi connectivity index (χ4n) is 2.57. The van der Waals surface area contributed by atoms with Crippen molar-refractivity contribution in [2.45, 2.75) is 19.3 Å². The van der Waals surface area contributed by atoms with Crippen LogP contribution in [0.15, 0.2) is 53.6 Å². The summed E-state index contributed by atoms with van der Waals surface area (Å²) in [5, 5.41) is 3.47. The molecular formula is C16H19N3O. The average Bonchev–Trinajstić information content (AvgIpc) is 2.93. The first-order valence-corrected chi connectivity index (χ1v) is 7.08. The number of aromatic amines is 1. The lowest BCUT2D eigenvalue weighted by Crippen LogP contribution is -2.16. The van der Waals surface area contributed by atoms with Crippen LogP contribution in [-0.2, 0) is 0 Å². The Hall–Kier alpha value is -2.23. The van der Waals surface area contributed by atoms with Gasteiger partial charge in [-0.25, -0.2) is 4.79 Å². The van der Waals surface area contributed by atoms with Crippen LogP contribution in [0.1, 0.15) is 19.3 Å². The molecule has 1 aromatic carbocycles. The summed E-state index contributed by atoms with van der Waals surface area (Å²) in [6, 6.07) is 7.96. The number of hydrogen-bond donors (Lipinski definition) is 2. The predicted octanol–water partition coefficient (Wildman–Crippen LogP) is 2.93. The van der Waals surface area contributed by atoms with Crippen LogP contribution in [0.5, 0.6) is 0 Å². The van der Waals surface area contributed by atoms with Gasteiger partial charge >= 0.3 is 5.69 Å². The van der Waals surface area contributed by atoms with Crippen molar-refractivity contribution in [3.8, 4) is 5.69 Å². The third kappa shape index (κ3) is 2.85. The summed E-state index contributed by atoms with van der Waals surface area (Å²) in [6.07, 6.45) is 11.5. The Labute approximate surface area is 118 Å². The Balaban J connectivity index is 1.63. The molecule has 20 heavy (non-hydrogen) atoms. The number of anilines is 1. The molecule has 1 heterocycles. The fourth-order valence-corrected chi connectivity index (χ4v) is 2.57. The molecule has 1 aliphatic rings. The molecule has 2 N–H and O–H groups in total. The van der Waals surface area contributed by atoms with Crippen LogP contribution in [0.25, 0.3) is 5.69 Å². The molecule has 2 aromatic rings. The van der Waals surface area contributed by atoms with E-state index in [9.17, 15) is 4.79 Å². The Kier molecular flexibility index (Phi) is 3.72. The van der Waals surface area contributed by atoms with Crippen molar-refractivity contribution >= 4 is 5.69 Å². The molecule has 0 radical (unpaired) electrons. The van der Waals surface area contributed by atoms with Gasteiger partial charge in [0.1, 0.15) is 0 Å². The maximum absolute atomic E-state index is 11.5. The molecule has 4 nitrogen and oxygen atoms in total. The highest BCUT2D eigenvalue weighted by Crippen LogP contribution is 2.19. The first-order chi connectivity index (χ1) is 9.83. The minimum Gasteiger partial charge on any atom is -0.385 e. The van der Waals surface area contributed by atoms with Gasteiger partial charge in [-0.15, -0.1) is 0 Å². The second kappa shape index (κ2) is 5.82. The minimum atomic E-state index is -0.111. The standard InChI is InChI=1S/C16H19N3O/c20-16-17-10-11-19(16)15-8-6-14(7-9-15)18-12-13-4-2-1-3-5-13/h1-2,6-11,13,18H,3-5,12H2,(H,17,20). The van der Waals surface area contributed by atoms with Crippen molar-refractivity contribution < 1.29 is 0 Å². The SMILES string of the molecule is O=c1[nH]ccn1-c1ccc(NCC2CC=CCC2)cc1. The van der Waals surface area contributed by atoms with Crippen LogP contribution in [0.3, 0.4) is 0 Å². The highest BCUT2D eigenvalue weighted by molar-refractivity contribution is 5.48. The second-order valence-corrected chi connectivity index (χ2v) is 5.21. The molecule has 1 aliphatic carbocycles. The van der Waals surface area contributed by atoms with Gasteiger partial charge in [-0.1, -0.05) is 12.2 Å². The Morgan fingerprint density at radius 1 is 1.25 bits per heavy atom. The summed E-state index contributed by atoms with van der Waals surface area (Å²) in [7, 11) is 0. The van der Waals surface area contributed by atoms with E-state index in [1.807, 2.05) is 24.3 Å². The molecule has 1 unspecified atom stereocenters. The van der Waals surface area contributed by atoms with Gasteiger partial charge in [-0.3, -0.25) is 4.57 Å². The zero-order chi connectivity index (χ0) is 13.8. The van der Waals surface area contributed by atoms with E-state index in [1.54, 1.807) is 17.0 Å². The van der Waals surface area contributed by atoms with Gasteiger partial charge < -0.3 is 10.3 Å². The van der Waals surface area contributed by atoms with E-state index in [0.29, 0.717) is 0 Å². The molecule has 0 spiro atoms. The Bertz CT molecular complexity index is 636. The van der Waals surface area contributed by atoms with E-state index in [0.717, 1.165) is 23.8 Å². The van der Waals surface area contributed by atoms with Gasteiger partial charge in [0, 0.05) is 24.6 Å². The molecule has 1 atom stereocenters. The summed E-state index contributed by atoms with van der Waals surface area (Å²) >= 11 is 0. The quantitative estimate of drug-likeness (QED) is 0.838. The topological polar surface area (TPSA) is 49.8 Å². The minimum absolute atomic E-state index is 0.111. The molecule has 0 amide bonds. The van der Waals surface area contributed by atoms with Crippen molar-refractivity contribution in [2.24, 2.45) is 5.92 Å². The molecular weight excluding hydrogens is 250 g/mol. The maximum atomic E-state index is 11.5. The van der Waals surface area contributed by atoms with Crippen LogP contribution in [-0.4, -0.2) is 16.1 Å². The van der Waals surface area contributed by atoms with Crippen LogP contribution in [0.4, 0.5) is 5.69 Å². The number of imidazole rings is 1. The molecule has 104 valence electrons. The van der Waals surface area contributed by atoms with Gasteiger partial charge in [-0.05, 0) is 49.4 Å². The fraction of sp³-hybridized carbons (Fsp3) is 0.312. The average molecular weight is 269 g/mol. The van der Waals surface area contributed by atoms with E-state index in [-0.39, 0.29) is 5.69 Å². The highest BCUT2D eigenvalue weighted by atomic mass is 16.1. The molecule has 1 aromatic heterocycles. The zero-order valence-electron chi connectivity index (χ0n) is 11.4. The number of aromatic nitrogens is 2. The number of nitrogens with zero attached hydrogens (tertiary/aromatic N) is 1. The van der Waals surface area contributed by atoms with E-state index < -0.39 is 0 Å². The Morgan fingerprint density at radius 2 is 2.10 bits per heavy atom. The van der Waals surface area contributed by atoms with E-state index >= 15 is 0 Å². The van der Waals surface area contributed by atoms with Gasteiger partial charge in [0.25, 0.3) is 0 Å². The number of nitrogens with one attached hydrogen (secondary N) is 2. The van der Waals surface area contributed by atoms with Crippen LogP contribution in [0, 0.1) is 5.92 Å². The molecule has 4 heteroatoms. The van der Waals surface area contributed by atoms with E-state index in [2.05, 4.69) is 22.5 Å². The highest BCUT2D eigenvalue weighted by Gasteiger charge is 2.09. The normalized spacial score (nSPS) is 18.1. The van der Waals surface area contributed by atoms with Crippen molar-refractivity contribution in [1.29, 1.82) is 0 Å². The smallest absolute Gasteiger partial charge is 0.330 e. The van der Waals surface area contributed by atoms with Crippen molar-refractivity contribution in [3.63, 3.8) is 0 Å². The Morgan fingerprint density at radius 3 is 2.75 bits per heavy atom. The predicted molar refractivity (Wildman–Crippen MR) is 81.4 cm³/mol. The lowest BCUT2D eigenvalue weighted by Gasteiger charge is -2.18. The van der Waals surface area contributed by atoms with Gasteiger partial charge in [-0.2, -0.15) is 0 Å². The summed E-state index contributed by atoms with van der Waals surface area (Å²) in [5.41, 5.74) is 1.87. The summed E-state index contributed by atoms with van der Waals surface area (Å²) in [5.74, 6) is 0.729. The number of H-pyrrole nitrogens is 1. The summed E-state index contributed by atoms with van der Waals surface area (Å²) in [4.78, 5) is 14.2. The molecule has 0 aliphatic heterocycles. The lowest BCUT2D eigenvalue weighted by molar-refractivity contribution is 0.504. The molecule has 0 saturated heterocycles. The van der Waals surface area contributed by atoms with Crippen molar-refractivity contribution in [1.82, 2.24) is 9.55 Å². The number of rotatable bonds is 4. The molecule has 0 bridgehead atoms. The van der Waals surface area contributed by atoms with Crippen LogP contribution >= 0.6 is 0 Å². The number of benzene rings is 1. The largest absolute Gasteiger partial charge is 0.385 e. The third-order valence-corrected chi connectivity index (χ3v) is 3.77. The van der Waals surface area contributed by atoms with Crippen LogP contribution in [0.2, 0.25) is 0 Å². The lowest BCUT2D eigenvalue weighted by atomic mass is 9.94. The maximum Gasteiger partial charge on any atom is 0.330 e. The molecule has 0 saturated carbocycles. The monoisotopic (exact) mass is 269 g/mol. The summed E-state index contributed by atoms with van der Waals surface area (Å²) in [6.45, 7) is 1.01. The van der Waals surface area contributed by atoms with Gasteiger partial charge in [0.05, 0.1) is 5.69 Å². The van der Waals surface area contributed by atoms with Crippen molar-refractivity contribution in [2.75, 3.05) is 11.9 Å². The van der Waals surface area contributed by atoms with Gasteiger partial charge in [0.2, 0.25) is 0 Å². The first kappa shape index (κ1) is 12.8. The van der Waals surface area contributed by atoms with E-state index in [1.165, 1.54) is 19.3 Å². The van der Waals surface area contributed by atoms with Crippen LogP contribution < -0.4 is 11.0 Å².